The second kappa shape index (κ2) is 10.3. The predicted molar refractivity (Wildman–Crippen MR) is 106 cm³/mol. The van der Waals surface area contributed by atoms with Crippen molar-refractivity contribution in [2.45, 2.75) is 12.8 Å². The molecule has 2 aromatic carbocycles. The lowest BCUT2D eigenvalue weighted by atomic mass is 10.1. The van der Waals surface area contributed by atoms with Crippen LogP contribution in [0.4, 0.5) is 0 Å². The van der Waals surface area contributed by atoms with Crippen molar-refractivity contribution in [3.05, 3.63) is 41.5 Å². The minimum atomic E-state index is -0.0772. The van der Waals surface area contributed by atoms with Gasteiger partial charge in [0, 0.05) is 12.1 Å². The maximum absolute atomic E-state index is 12.3. The van der Waals surface area contributed by atoms with Crippen LogP contribution in [0.1, 0.15) is 11.1 Å². The Morgan fingerprint density at radius 3 is 2.04 bits per heavy atom. The van der Waals surface area contributed by atoms with E-state index in [-0.39, 0.29) is 12.3 Å². The monoisotopic (exact) mass is 389 g/mol. The molecule has 2 rings (SSSR count). The lowest BCUT2D eigenvalue weighted by molar-refractivity contribution is -0.120. The van der Waals surface area contributed by atoms with Crippen LogP contribution in [0, 0.1) is 0 Å². The first kappa shape index (κ1) is 21.2. The molecule has 0 saturated heterocycles. The SMILES string of the molecule is COc1ccc(CC(=O)NCCc2ccc(OC)c(OC)c2OC)cc1OC. The molecule has 0 saturated carbocycles. The maximum atomic E-state index is 12.3. The van der Waals surface area contributed by atoms with Crippen LogP contribution in [0.3, 0.4) is 0 Å². The first-order valence-corrected chi connectivity index (χ1v) is 8.83. The van der Waals surface area contributed by atoms with E-state index in [0.717, 1.165) is 11.1 Å². The molecule has 0 unspecified atom stereocenters. The zero-order chi connectivity index (χ0) is 20.5. The minimum Gasteiger partial charge on any atom is -0.493 e. The third-order valence-corrected chi connectivity index (χ3v) is 4.31. The fourth-order valence-corrected chi connectivity index (χ4v) is 2.94. The van der Waals surface area contributed by atoms with Gasteiger partial charge >= 0.3 is 0 Å². The van der Waals surface area contributed by atoms with Gasteiger partial charge in [-0.15, -0.1) is 0 Å². The molecule has 28 heavy (non-hydrogen) atoms. The van der Waals surface area contributed by atoms with Crippen LogP contribution >= 0.6 is 0 Å². The highest BCUT2D eigenvalue weighted by molar-refractivity contribution is 5.78. The molecule has 0 aromatic heterocycles. The van der Waals surface area contributed by atoms with Gasteiger partial charge in [0.1, 0.15) is 0 Å². The number of methoxy groups -OCH3 is 5. The van der Waals surface area contributed by atoms with Crippen LogP contribution in [0.5, 0.6) is 28.7 Å². The molecule has 0 aliphatic carbocycles. The van der Waals surface area contributed by atoms with E-state index in [4.69, 9.17) is 23.7 Å². The van der Waals surface area contributed by atoms with Gasteiger partial charge in [-0.05, 0) is 30.2 Å². The van der Waals surface area contributed by atoms with Gasteiger partial charge in [0.05, 0.1) is 42.0 Å². The summed E-state index contributed by atoms with van der Waals surface area (Å²) < 4.78 is 26.6. The van der Waals surface area contributed by atoms with Crippen molar-refractivity contribution in [3.8, 4) is 28.7 Å². The van der Waals surface area contributed by atoms with Gasteiger partial charge in [-0.2, -0.15) is 0 Å². The fourth-order valence-electron chi connectivity index (χ4n) is 2.94. The second-order valence-electron chi connectivity index (χ2n) is 5.96. The van der Waals surface area contributed by atoms with E-state index in [9.17, 15) is 4.79 Å². The van der Waals surface area contributed by atoms with Crippen molar-refractivity contribution >= 4 is 5.91 Å². The topological polar surface area (TPSA) is 75.3 Å². The number of nitrogens with one attached hydrogen (secondary N) is 1. The van der Waals surface area contributed by atoms with E-state index in [0.29, 0.717) is 41.7 Å². The molecule has 7 nitrogen and oxygen atoms in total. The van der Waals surface area contributed by atoms with Crippen molar-refractivity contribution in [1.29, 1.82) is 0 Å². The number of carbonyl (C=O) groups excluding carboxylic acids is 1. The molecule has 0 spiro atoms. The number of carbonyl (C=O) groups is 1. The summed E-state index contributed by atoms with van der Waals surface area (Å²) in [6.07, 6.45) is 0.852. The Morgan fingerprint density at radius 2 is 1.43 bits per heavy atom. The number of amides is 1. The molecule has 0 fully saturated rings. The number of benzene rings is 2. The van der Waals surface area contributed by atoms with Crippen LogP contribution in [0.25, 0.3) is 0 Å². The van der Waals surface area contributed by atoms with Crippen LogP contribution in [0.2, 0.25) is 0 Å². The van der Waals surface area contributed by atoms with Gasteiger partial charge in [-0.3, -0.25) is 4.79 Å². The van der Waals surface area contributed by atoms with Crippen LogP contribution < -0.4 is 29.0 Å². The van der Waals surface area contributed by atoms with Crippen LogP contribution in [0.15, 0.2) is 30.3 Å². The Balaban J connectivity index is 1.97. The molecule has 1 N–H and O–H groups in total. The maximum Gasteiger partial charge on any atom is 0.224 e. The van der Waals surface area contributed by atoms with Crippen LogP contribution in [-0.2, 0) is 17.6 Å². The smallest absolute Gasteiger partial charge is 0.224 e. The van der Waals surface area contributed by atoms with Gasteiger partial charge in [-0.1, -0.05) is 12.1 Å². The Hall–Kier alpha value is -3.09. The Morgan fingerprint density at radius 1 is 0.786 bits per heavy atom. The summed E-state index contributed by atoms with van der Waals surface area (Å²) in [7, 11) is 7.86. The number of ether oxygens (including phenoxy) is 5. The van der Waals surface area contributed by atoms with Crippen molar-refractivity contribution in [3.63, 3.8) is 0 Å². The Kier molecular flexibility index (Phi) is 7.80. The lowest BCUT2D eigenvalue weighted by Crippen LogP contribution is -2.27. The van der Waals surface area contributed by atoms with Gasteiger partial charge in [0.15, 0.2) is 23.0 Å². The third-order valence-electron chi connectivity index (χ3n) is 4.31. The zero-order valence-corrected chi connectivity index (χ0v) is 17.0. The summed E-state index contributed by atoms with van der Waals surface area (Å²) in [4.78, 5) is 12.3. The molecule has 0 atom stereocenters. The molecule has 2 aromatic rings. The van der Waals surface area contributed by atoms with Crippen molar-refractivity contribution in [2.75, 3.05) is 42.1 Å². The minimum absolute atomic E-state index is 0.0772. The van der Waals surface area contributed by atoms with Gasteiger partial charge in [0.25, 0.3) is 0 Å². The lowest BCUT2D eigenvalue weighted by Gasteiger charge is -2.16. The molecule has 0 heterocycles. The first-order chi connectivity index (χ1) is 13.6. The van der Waals surface area contributed by atoms with Gasteiger partial charge < -0.3 is 29.0 Å². The summed E-state index contributed by atoms with van der Waals surface area (Å²) in [5.41, 5.74) is 1.77. The van der Waals surface area contributed by atoms with Crippen molar-refractivity contribution in [1.82, 2.24) is 5.32 Å². The molecule has 0 radical (unpaired) electrons. The predicted octanol–water partition coefficient (Wildman–Crippen LogP) is 2.63. The normalized spacial score (nSPS) is 10.2. The summed E-state index contributed by atoms with van der Waals surface area (Å²) in [6.45, 7) is 0.470. The quantitative estimate of drug-likeness (QED) is 0.673. The molecule has 7 heteroatoms. The summed E-state index contributed by atoms with van der Waals surface area (Å²) in [6, 6.07) is 9.16. The summed E-state index contributed by atoms with van der Waals surface area (Å²) in [5, 5.41) is 2.92. The Labute approximate surface area is 165 Å². The third kappa shape index (κ3) is 5.00. The highest BCUT2D eigenvalue weighted by Crippen LogP contribution is 2.39. The number of rotatable bonds is 10. The van der Waals surface area contributed by atoms with E-state index in [1.54, 1.807) is 47.7 Å². The molecule has 0 bridgehead atoms. The van der Waals surface area contributed by atoms with Crippen LogP contribution in [-0.4, -0.2) is 48.0 Å². The summed E-state index contributed by atoms with van der Waals surface area (Å²) in [5.74, 6) is 2.90. The molecular weight excluding hydrogens is 362 g/mol. The zero-order valence-electron chi connectivity index (χ0n) is 17.0. The molecule has 0 aliphatic rings. The average Bonchev–Trinajstić information content (AvgIpc) is 2.72. The Bertz CT molecular complexity index is 806. The van der Waals surface area contributed by atoms with Crippen molar-refractivity contribution < 1.29 is 28.5 Å². The highest BCUT2D eigenvalue weighted by atomic mass is 16.5. The van der Waals surface area contributed by atoms with Gasteiger partial charge in [0.2, 0.25) is 11.7 Å². The number of hydrogen-bond donors (Lipinski definition) is 1. The first-order valence-electron chi connectivity index (χ1n) is 8.83. The molecular formula is C21H27NO6. The molecule has 0 aliphatic heterocycles. The number of hydrogen-bond acceptors (Lipinski definition) is 6. The highest BCUT2D eigenvalue weighted by Gasteiger charge is 2.16. The van der Waals surface area contributed by atoms with E-state index >= 15 is 0 Å². The van der Waals surface area contributed by atoms with Crippen molar-refractivity contribution in [2.24, 2.45) is 0 Å². The largest absolute Gasteiger partial charge is 0.493 e. The standard InChI is InChI=1S/C21H27NO6/c1-24-16-8-6-14(12-18(16)26-3)13-19(23)22-11-10-15-7-9-17(25-2)21(28-5)20(15)27-4/h6-9,12H,10-11,13H2,1-5H3,(H,22,23). The van der Waals surface area contributed by atoms with E-state index in [2.05, 4.69) is 5.32 Å². The second-order valence-corrected chi connectivity index (χ2v) is 5.96. The fraction of sp³-hybridized carbons (Fsp3) is 0.381. The van der Waals surface area contributed by atoms with E-state index in [1.165, 1.54) is 0 Å². The van der Waals surface area contributed by atoms with Gasteiger partial charge in [-0.25, -0.2) is 0 Å². The summed E-state index contributed by atoms with van der Waals surface area (Å²) >= 11 is 0. The average molecular weight is 389 g/mol. The van der Waals surface area contributed by atoms with E-state index < -0.39 is 0 Å². The van der Waals surface area contributed by atoms with E-state index in [1.807, 2.05) is 18.2 Å². The molecule has 152 valence electrons. The molecule has 1 amide bonds.